The SMILES string of the molecule is O[C@@H](COc1cccc2[nH]ccc12)CN1CCC(c2cc3ccccc3s2)CC1. The predicted octanol–water partition coefficient (Wildman–Crippen LogP) is 5.00. The van der Waals surface area contributed by atoms with Crippen molar-refractivity contribution in [2.24, 2.45) is 0 Å². The van der Waals surface area contributed by atoms with Crippen molar-refractivity contribution in [2.45, 2.75) is 24.9 Å². The summed E-state index contributed by atoms with van der Waals surface area (Å²) in [5.41, 5.74) is 1.06. The van der Waals surface area contributed by atoms with Gasteiger partial charge in [-0.1, -0.05) is 24.3 Å². The number of nitrogens with one attached hydrogen (secondary N) is 1. The molecule has 2 aromatic carbocycles. The zero-order valence-electron chi connectivity index (χ0n) is 16.4. The van der Waals surface area contributed by atoms with Gasteiger partial charge >= 0.3 is 0 Å². The van der Waals surface area contributed by atoms with Crippen molar-refractivity contribution in [1.29, 1.82) is 0 Å². The van der Waals surface area contributed by atoms with E-state index in [1.807, 2.05) is 41.8 Å². The minimum atomic E-state index is -0.481. The topological polar surface area (TPSA) is 48.5 Å². The molecule has 0 radical (unpaired) electrons. The third-order valence-corrected chi connectivity index (χ3v) is 7.17. The van der Waals surface area contributed by atoms with Gasteiger partial charge in [-0.05, 0) is 67.6 Å². The first-order valence-electron chi connectivity index (χ1n) is 10.3. The Balaban J connectivity index is 1.13. The number of hydrogen-bond donors (Lipinski definition) is 2. The van der Waals surface area contributed by atoms with Crippen molar-refractivity contribution in [3.8, 4) is 5.75 Å². The molecule has 1 atom stereocenters. The number of aromatic nitrogens is 1. The van der Waals surface area contributed by atoms with Crippen LogP contribution in [0.4, 0.5) is 0 Å². The van der Waals surface area contributed by atoms with Crippen LogP contribution in [0.3, 0.4) is 0 Å². The highest BCUT2D eigenvalue weighted by Gasteiger charge is 2.23. The van der Waals surface area contributed by atoms with Gasteiger partial charge in [0, 0.05) is 33.2 Å². The van der Waals surface area contributed by atoms with Crippen LogP contribution in [-0.4, -0.2) is 47.3 Å². The van der Waals surface area contributed by atoms with Crippen molar-refractivity contribution in [1.82, 2.24) is 9.88 Å². The molecule has 150 valence electrons. The average Bonchev–Trinajstić information content (AvgIpc) is 3.40. The number of hydrogen-bond acceptors (Lipinski definition) is 4. The summed E-state index contributed by atoms with van der Waals surface area (Å²) in [6.07, 6.45) is 3.74. The molecule has 29 heavy (non-hydrogen) atoms. The maximum atomic E-state index is 10.5. The number of benzene rings is 2. The summed E-state index contributed by atoms with van der Waals surface area (Å²) in [4.78, 5) is 7.07. The van der Waals surface area contributed by atoms with Gasteiger partial charge in [-0.15, -0.1) is 11.3 Å². The smallest absolute Gasteiger partial charge is 0.128 e. The molecule has 0 aliphatic carbocycles. The number of nitrogens with zero attached hydrogens (tertiary/aromatic N) is 1. The zero-order chi connectivity index (χ0) is 19.6. The molecule has 0 spiro atoms. The second kappa shape index (κ2) is 8.19. The van der Waals surface area contributed by atoms with Crippen LogP contribution in [0, 0.1) is 0 Å². The van der Waals surface area contributed by atoms with E-state index in [4.69, 9.17) is 4.74 Å². The molecule has 2 N–H and O–H groups in total. The molecule has 1 saturated heterocycles. The lowest BCUT2D eigenvalue weighted by Gasteiger charge is -2.32. The molecule has 0 unspecified atom stereocenters. The molecule has 1 fully saturated rings. The van der Waals surface area contributed by atoms with Gasteiger partial charge in [-0.3, -0.25) is 0 Å². The number of fused-ring (bicyclic) bond motifs is 2. The Labute approximate surface area is 174 Å². The van der Waals surface area contributed by atoms with Crippen LogP contribution in [0.15, 0.2) is 60.8 Å². The number of aromatic amines is 1. The molecule has 0 amide bonds. The average molecular weight is 407 g/mol. The minimum absolute atomic E-state index is 0.320. The number of H-pyrrole nitrogens is 1. The molecule has 4 aromatic rings. The summed E-state index contributed by atoms with van der Waals surface area (Å²) in [5, 5.41) is 12.9. The van der Waals surface area contributed by atoms with Gasteiger partial charge in [-0.25, -0.2) is 0 Å². The van der Waals surface area contributed by atoms with Crippen LogP contribution in [-0.2, 0) is 0 Å². The third-order valence-electron chi connectivity index (χ3n) is 5.89. The number of aliphatic hydroxyl groups is 1. The summed E-state index contributed by atoms with van der Waals surface area (Å²) < 4.78 is 7.29. The quantitative estimate of drug-likeness (QED) is 0.474. The first kappa shape index (κ1) is 18.7. The van der Waals surface area contributed by atoms with Crippen molar-refractivity contribution in [3.63, 3.8) is 0 Å². The monoisotopic (exact) mass is 406 g/mol. The normalized spacial score (nSPS) is 17.1. The highest BCUT2D eigenvalue weighted by molar-refractivity contribution is 7.19. The van der Waals surface area contributed by atoms with E-state index < -0.39 is 6.10 Å². The lowest BCUT2D eigenvalue weighted by Crippen LogP contribution is -2.40. The largest absolute Gasteiger partial charge is 0.490 e. The molecule has 4 nitrogen and oxygen atoms in total. The second-order valence-electron chi connectivity index (χ2n) is 7.92. The van der Waals surface area contributed by atoms with E-state index in [0.717, 1.165) is 42.6 Å². The van der Waals surface area contributed by atoms with E-state index in [1.165, 1.54) is 15.0 Å². The second-order valence-corrected chi connectivity index (χ2v) is 9.04. The number of thiophene rings is 1. The van der Waals surface area contributed by atoms with Gasteiger partial charge in [-0.2, -0.15) is 0 Å². The standard InChI is InChI=1S/C24H26N2O2S/c27-19(16-28-22-6-3-5-21-20(22)8-11-25-21)15-26-12-9-17(10-13-26)24-14-18-4-1-2-7-23(18)29-24/h1-8,11,14,17,19,25,27H,9-10,12-13,15-16H2/t19-/m1/s1. The van der Waals surface area contributed by atoms with Gasteiger partial charge in [0.25, 0.3) is 0 Å². The summed E-state index contributed by atoms with van der Waals surface area (Å²) in [7, 11) is 0. The van der Waals surface area contributed by atoms with E-state index in [9.17, 15) is 5.11 Å². The van der Waals surface area contributed by atoms with Crippen molar-refractivity contribution < 1.29 is 9.84 Å². The number of rotatable bonds is 6. The van der Waals surface area contributed by atoms with E-state index in [2.05, 4.69) is 40.2 Å². The minimum Gasteiger partial charge on any atom is -0.490 e. The molecule has 5 rings (SSSR count). The molecule has 0 bridgehead atoms. The van der Waals surface area contributed by atoms with Gasteiger partial charge in [0.05, 0.1) is 0 Å². The van der Waals surface area contributed by atoms with Crippen molar-refractivity contribution in [3.05, 3.63) is 65.7 Å². The first-order valence-corrected chi connectivity index (χ1v) is 11.2. The molecule has 0 saturated carbocycles. The Morgan fingerprint density at radius 3 is 2.83 bits per heavy atom. The maximum absolute atomic E-state index is 10.5. The van der Waals surface area contributed by atoms with E-state index in [-0.39, 0.29) is 0 Å². The van der Waals surface area contributed by atoms with Crippen LogP contribution >= 0.6 is 11.3 Å². The number of β-amino-alcohol motifs (C(OH)–C–C–N with tert-alkyl or cyclic N) is 1. The van der Waals surface area contributed by atoms with Crippen LogP contribution in [0.5, 0.6) is 5.75 Å². The van der Waals surface area contributed by atoms with Crippen LogP contribution in [0.1, 0.15) is 23.6 Å². The molecule has 1 aliphatic rings. The zero-order valence-corrected chi connectivity index (χ0v) is 17.2. The molecular formula is C24H26N2O2S. The third kappa shape index (κ3) is 4.04. The molecule has 1 aliphatic heterocycles. The Morgan fingerprint density at radius 1 is 1.10 bits per heavy atom. The van der Waals surface area contributed by atoms with Crippen LogP contribution < -0.4 is 4.74 Å². The Kier molecular flexibility index (Phi) is 5.27. The number of aliphatic hydroxyl groups excluding tert-OH is 1. The van der Waals surface area contributed by atoms with Gasteiger partial charge in [0.1, 0.15) is 18.5 Å². The number of ether oxygens (including phenoxy) is 1. The Bertz CT molecular complexity index is 1060. The highest BCUT2D eigenvalue weighted by atomic mass is 32.1. The maximum Gasteiger partial charge on any atom is 0.128 e. The molecule has 5 heteroatoms. The van der Waals surface area contributed by atoms with Gasteiger partial charge < -0.3 is 19.7 Å². The first-order chi connectivity index (χ1) is 14.3. The Hall–Kier alpha value is -2.34. The van der Waals surface area contributed by atoms with Crippen LogP contribution in [0.2, 0.25) is 0 Å². The fraction of sp³-hybridized carbons (Fsp3) is 0.333. The fourth-order valence-electron chi connectivity index (χ4n) is 4.32. The van der Waals surface area contributed by atoms with Gasteiger partial charge in [0.15, 0.2) is 0 Å². The fourth-order valence-corrected chi connectivity index (χ4v) is 5.56. The lowest BCUT2D eigenvalue weighted by atomic mass is 9.95. The molecule has 3 heterocycles. The van der Waals surface area contributed by atoms with E-state index in [0.29, 0.717) is 19.1 Å². The summed E-state index contributed by atoms with van der Waals surface area (Å²) >= 11 is 1.94. The van der Waals surface area contributed by atoms with Crippen LogP contribution in [0.25, 0.3) is 21.0 Å². The number of likely N-dealkylation sites (tertiary alicyclic amines) is 1. The summed E-state index contributed by atoms with van der Waals surface area (Å²) in [6.45, 7) is 3.05. The van der Waals surface area contributed by atoms with E-state index >= 15 is 0 Å². The highest BCUT2D eigenvalue weighted by Crippen LogP contribution is 2.36. The molecular weight excluding hydrogens is 380 g/mol. The molecule has 2 aromatic heterocycles. The lowest BCUT2D eigenvalue weighted by molar-refractivity contribution is 0.0600. The van der Waals surface area contributed by atoms with E-state index in [1.54, 1.807) is 0 Å². The van der Waals surface area contributed by atoms with Crippen molar-refractivity contribution >= 4 is 32.3 Å². The predicted molar refractivity (Wildman–Crippen MR) is 120 cm³/mol. The summed E-state index contributed by atoms with van der Waals surface area (Å²) in [5.74, 6) is 1.47. The van der Waals surface area contributed by atoms with Gasteiger partial charge in [0.2, 0.25) is 0 Å². The van der Waals surface area contributed by atoms with Crippen molar-refractivity contribution in [2.75, 3.05) is 26.2 Å². The summed E-state index contributed by atoms with van der Waals surface area (Å²) in [6, 6.07) is 19.0. The Morgan fingerprint density at radius 2 is 1.97 bits per heavy atom. The number of piperidine rings is 1.